The molecule has 0 amide bonds. The Bertz CT molecular complexity index is 1390. The van der Waals surface area contributed by atoms with Crippen molar-refractivity contribution in [1.29, 1.82) is 0 Å². The summed E-state index contributed by atoms with van der Waals surface area (Å²) in [7, 11) is -3.19. The summed E-state index contributed by atoms with van der Waals surface area (Å²) in [6.07, 6.45) is -0.423. The quantitative estimate of drug-likeness (QED) is 0.0854. The zero-order valence-corrected chi connectivity index (χ0v) is 35.5. The van der Waals surface area contributed by atoms with Crippen molar-refractivity contribution in [2.75, 3.05) is 0 Å². The smallest absolute Gasteiger partial charge is 0.358 e. The molecule has 0 N–H and O–H groups in total. The van der Waals surface area contributed by atoms with Gasteiger partial charge in [0.2, 0.25) is 0 Å². The average molecular weight is 905 g/mol. The van der Waals surface area contributed by atoms with Crippen LogP contribution in [0.5, 0.6) is 0 Å². The van der Waals surface area contributed by atoms with E-state index in [1.54, 1.807) is 0 Å². The molecule has 0 spiro atoms. The molecule has 2 unspecified atom stereocenters. The number of halogens is 12. The Balaban J connectivity index is 0.00000130. The minimum atomic E-state index is -5.24. The molecule has 6 rings (SSSR count). The molecule has 15 heteroatoms. The van der Waals surface area contributed by atoms with Crippen LogP contribution < -0.4 is 10.6 Å². The van der Waals surface area contributed by atoms with Gasteiger partial charge in [0.05, 0.1) is 22.3 Å². The number of hydrogen-bond acceptors (Lipinski definition) is 0. The minimum absolute atomic E-state index is 0. The Morgan fingerprint density at radius 2 is 0.825 bits per heavy atom. The Labute approximate surface area is 343 Å². The molecule has 0 aliphatic heterocycles. The molecule has 0 bridgehead atoms. The predicted octanol–water partition coefficient (Wildman–Crippen LogP) is 15.5. The van der Waals surface area contributed by atoms with E-state index in [1.165, 1.54) is 19.3 Å². The van der Waals surface area contributed by atoms with Crippen molar-refractivity contribution >= 4 is 26.5 Å². The van der Waals surface area contributed by atoms with Gasteiger partial charge in [-0.15, -0.1) is 0 Å². The van der Waals surface area contributed by atoms with Gasteiger partial charge >= 0.3 is 41.8 Å². The van der Waals surface area contributed by atoms with Gasteiger partial charge in [0, 0.05) is 0 Å². The Morgan fingerprint density at radius 3 is 1.12 bits per heavy atom. The normalized spacial score (nSPS) is 21.7. The van der Waals surface area contributed by atoms with Gasteiger partial charge < -0.3 is 14.9 Å². The summed E-state index contributed by atoms with van der Waals surface area (Å²) < 4.78 is 169. The summed E-state index contributed by atoms with van der Waals surface area (Å²) in [5.74, 6) is -0.270. The first kappa shape index (κ1) is 51.9. The standard InChI is InChI=1S/C35H40F12P2.C5H8.2CH3.Fe/c1-21(48(26-9-4-2-5-10-26)27-11-6-3-7-12-27)30-13-8-14-31(30)49(28-17-22(32(36,37)38)15-23(18-28)33(39,40)41)29-19-24(34(42,43)44)16-25(20-29)35(45,46)47;1-2-4-5-3-1;;;/h15-21,26-27,30-31H,2-14H2,1H3;1-2H,3-5H2;2*1H3;/q;;2*-1;+2/t21-,30?,31?;;;;/m0..../s1. The van der Waals surface area contributed by atoms with Crippen LogP contribution in [0, 0.1) is 20.8 Å². The van der Waals surface area contributed by atoms with E-state index < -0.39 is 79.1 Å². The van der Waals surface area contributed by atoms with Crippen molar-refractivity contribution in [3.8, 4) is 0 Å². The molecule has 0 saturated heterocycles. The van der Waals surface area contributed by atoms with E-state index in [9.17, 15) is 52.7 Å². The third kappa shape index (κ3) is 13.6. The van der Waals surface area contributed by atoms with Crippen LogP contribution in [0.15, 0.2) is 48.6 Å². The van der Waals surface area contributed by atoms with Crippen molar-refractivity contribution in [3.05, 3.63) is 85.7 Å². The molecule has 324 valence electrons. The van der Waals surface area contributed by atoms with Crippen LogP contribution in [0.25, 0.3) is 0 Å². The van der Waals surface area contributed by atoms with Crippen molar-refractivity contribution in [1.82, 2.24) is 0 Å². The molecular formula is C42H54F12FeP2. The van der Waals surface area contributed by atoms with Gasteiger partial charge in [-0.2, -0.15) is 52.7 Å². The van der Waals surface area contributed by atoms with Crippen molar-refractivity contribution in [2.24, 2.45) is 5.92 Å². The SMILES string of the molecule is C1=CCCC1.C[C@@H](C1CCCC1P(c1cc(C(F)(F)F)cc(C(F)(F)F)c1)c1cc(C(F)(F)F)cc(C(F)(F)F)c1)P(C1CCCCC1)C1CCCCC1.[CH3-].[CH3-].[Fe+2]. The number of hydrogen-bond donors (Lipinski definition) is 0. The summed E-state index contributed by atoms with van der Waals surface area (Å²) in [5, 5.41) is -1.01. The van der Waals surface area contributed by atoms with Crippen molar-refractivity contribution in [3.63, 3.8) is 0 Å². The predicted molar refractivity (Wildman–Crippen MR) is 206 cm³/mol. The van der Waals surface area contributed by atoms with E-state index in [0.717, 1.165) is 64.2 Å². The second-order valence-corrected chi connectivity index (χ2v) is 20.8. The third-order valence-electron chi connectivity index (χ3n) is 11.6. The van der Waals surface area contributed by atoms with Crippen LogP contribution in [0.1, 0.15) is 132 Å². The van der Waals surface area contributed by atoms with Gasteiger partial charge in [-0.1, -0.05) is 71.9 Å². The summed E-state index contributed by atoms with van der Waals surface area (Å²) in [6.45, 7) is 2.09. The number of rotatable bonds is 7. The number of benzene rings is 2. The third-order valence-corrected chi connectivity index (χ3v) is 18.5. The fraction of sp³-hybridized carbons (Fsp3) is 0.619. The van der Waals surface area contributed by atoms with E-state index >= 15 is 0 Å². The van der Waals surface area contributed by atoms with Gasteiger partial charge in [-0.25, -0.2) is 0 Å². The Hall–Kier alpha value is -1.28. The van der Waals surface area contributed by atoms with Gasteiger partial charge in [0.1, 0.15) is 0 Å². The molecule has 3 fully saturated rings. The summed E-state index contributed by atoms with van der Waals surface area (Å²) in [5.41, 5.74) is -6.38. The second-order valence-electron chi connectivity index (χ2n) is 15.2. The molecular weight excluding hydrogens is 850 g/mol. The largest absolute Gasteiger partial charge is 2.00 e. The molecule has 57 heavy (non-hydrogen) atoms. The first-order valence-electron chi connectivity index (χ1n) is 19.1. The Kier molecular flexibility index (Phi) is 19.6. The fourth-order valence-electron chi connectivity index (χ4n) is 9.07. The summed E-state index contributed by atoms with van der Waals surface area (Å²) in [6, 6.07) is 1.95. The topological polar surface area (TPSA) is 0 Å². The maximum Gasteiger partial charge on any atom is 2.00 e. The molecule has 3 saturated carbocycles. The van der Waals surface area contributed by atoms with Crippen LogP contribution >= 0.6 is 15.8 Å². The van der Waals surface area contributed by atoms with Gasteiger partial charge in [0.15, 0.2) is 0 Å². The molecule has 0 heterocycles. The zero-order chi connectivity index (χ0) is 39.5. The van der Waals surface area contributed by atoms with Gasteiger partial charge in [0.25, 0.3) is 0 Å². The van der Waals surface area contributed by atoms with E-state index in [1.807, 2.05) is 0 Å². The Morgan fingerprint density at radius 1 is 0.474 bits per heavy atom. The van der Waals surface area contributed by atoms with E-state index in [-0.39, 0.29) is 62.1 Å². The van der Waals surface area contributed by atoms with Crippen LogP contribution in [-0.4, -0.2) is 22.6 Å². The van der Waals surface area contributed by atoms with Crippen LogP contribution in [0.2, 0.25) is 0 Å². The fourth-order valence-corrected chi connectivity index (χ4v) is 17.3. The molecule has 0 nitrogen and oxygen atoms in total. The zero-order valence-electron chi connectivity index (χ0n) is 32.6. The first-order chi connectivity index (χ1) is 25.2. The minimum Gasteiger partial charge on any atom is -0.358 e. The van der Waals surface area contributed by atoms with Gasteiger partial charge in [-0.05, 0) is 141 Å². The molecule has 4 aliphatic rings. The molecule has 0 aromatic heterocycles. The van der Waals surface area contributed by atoms with Crippen molar-refractivity contribution in [2.45, 2.75) is 157 Å². The number of allylic oxidation sites excluding steroid dienone is 2. The summed E-state index contributed by atoms with van der Waals surface area (Å²) >= 11 is 0. The van der Waals surface area contributed by atoms with E-state index in [2.05, 4.69) is 19.1 Å². The van der Waals surface area contributed by atoms with Crippen LogP contribution in [0.3, 0.4) is 0 Å². The second kappa shape index (κ2) is 21.5. The maximum atomic E-state index is 14.1. The molecule has 4 aliphatic carbocycles. The van der Waals surface area contributed by atoms with Crippen LogP contribution in [0.4, 0.5) is 52.7 Å². The monoisotopic (exact) mass is 904 g/mol. The maximum absolute atomic E-state index is 14.1. The number of alkyl halides is 12. The molecule has 0 radical (unpaired) electrons. The summed E-state index contributed by atoms with van der Waals surface area (Å²) in [4.78, 5) is 0. The molecule has 2 aromatic carbocycles. The average Bonchev–Trinajstić information content (AvgIpc) is 3.84. The van der Waals surface area contributed by atoms with E-state index in [4.69, 9.17) is 0 Å². The van der Waals surface area contributed by atoms with Crippen LogP contribution in [-0.2, 0) is 41.8 Å². The molecule has 2 aromatic rings. The van der Waals surface area contributed by atoms with Crippen molar-refractivity contribution < 1.29 is 69.8 Å². The molecule has 3 atom stereocenters. The first-order valence-corrected chi connectivity index (χ1v) is 22.0. The van der Waals surface area contributed by atoms with Gasteiger partial charge in [-0.3, -0.25) is 0 Å². The van der Waals surface area contributed by atoms with E-state index in [0.29, 0.717) is 48.4 Å².